The Kier molecular flexibility index (Phi) is 6.91. The highest BCUT2D eigenvalue weighted by atomic mass is 32.2. The maximum absolute atomic E-state index is 15.5. The lowest BCUT2D eigenvalue weighted by molar-refractivity contribution is -0.149. The van der Waals surface area contributed by atoms with Crippen molar-refractivity contribution < 1.29 is 40.3 Å². The van der Waals surface area contributed by atoms with Crippen molar-refractivity contribution in [3.63, 3.8) is 0 Å². The summed E-state index contributed by atoms with van der Waals surface area (Å²) in [4.78, 5) is 13.6. The molecule has 0 aromatic heterocycles. The molecule has 1 heterocycles. The van der Waals surface area contributed by atoms with E-state index in [2.05, 4.69) is 4.72 Å². The van der Waals surface area contributed by atoms with E-state index in [4.69, 9.17) is 0 Å². The zero-order chi connectivity index (χ0) is 25.5. The summed E-state index contributed by atoms with van der Waals surface area (Å²) >= 11 is 0. The number of sulfonamides is 1. The number of alkyl halides is 3. The molecule has 2 aromatic rings. The SMILES string of the molecule is O=C([C@H](O)C(F)F)N1CC2(CC2)[C@H](NS(=O)(=O)CF)[C@@H]1Cc1cc(F)cc(-c2ccccc2)c1F. The molecular weight excluding hydrogens is 495 g/mol. The predicted octanol–water partition coefficient (Wildman–Crippen LogP) is 3.01. The van der Waals surface area contributed by atoms with Gasteiger partial charge in [0.15, 0.2) is 6.10 Å². The highest BCUT2D eigenvalue weighted by Crippen LogP contribution is 2.55. The number of hydrogen-bond acceptors (Lipinski definition) is 4. The van der Waals surface area contributed by atoms with Crippen molar-refractivity contribution in [2.75, 3.05) is 12.6 Å². The Morgan fingerprint density at radius 2 is 1.83 bits per heavy atom. The molecule has 35 heavy (non-hydrogen) atoms. The molecule has 1 aliphatic heterocycles. The number of rotatable bonds is 8. The second kappa shape index (κ2) is 9.47. The normalized spacial score (nSPS) is 22.1. The summed E-state index contributed by atoms with van der Waals surface area (Å²) in [6.45, 7) is -0.192. The Bertz CT molecular complexity index is 1210. The van der Waals surface area contributed by atoms with Crippen LogP contribution < -0.4 is 4.72 Å². The molecule has 12 heteroatoms. The number of halogens is 5. The van der Waals surface area contributed by atoms with E-state index in [-0.39, 0.29) is 17.7 Å². The number of aliphatic hydroxyl groups excluding tert-OH is 1. The lowest BCUT2D eigenvalue weighted by Crippen LogP contribution is -2.52. The van der Waals surface area contributed by atoms with Gasteiger partial charge in [-0.2, -0.15) is 0 Å². The molecule has 4 rings (SSSR count). The van der Waals surface area contributed by atoms with Gasteiger partial charge >= 0.3 is 0 Å². The number of hydrogen-bond donors (Lipinski definition) is 2. The minimum absolute atomic E-state index is 0.0777. The molecule has 190 valence electrons. The summed E-state index contributed by atoms with van der Waals surface area (Å²) in [6.07, 6.45) is -5.74. The number of benzene rings is 2. The Morgan fingerprint density at radius 1 is 1.17 bits per heavy atom. The average molecular weight is 519 g/mol. The molecule has 0 unspecified atom stereocenters. The molecular formula is C23H23F5N2O4S. The first-order chi connectivity index (χ1) is 16.5. The van der Waals surface area contributed by atoms with E-state index in [1.165, 1.54) is 0 Å². The van der Waals surface area contributed by atoms with Crippen molar-refractivity contribution in [2.24, 2.45) is 5.41 Å². The van der Waals surface area contributed by atoms with Crippen LogP contribution in [0.3, 0.4) is 0 Å². The Labute approximate surface area is 198 Å². The minimum Gasteiger partial charge on any atom is -0.378 e. The van der Waals surface area contributed by atoms with Gasteiger partial charge in [-0.15, -0.1) is 0 Å². The molecule has 2 aliphatic rings. The smallest absolute Gasteiger partial charge is 0.273 e. The first kappa shape index (κ1) is 25.5. The van der Waals surface area contributed by atoms with Crippen molar-refractivity contribution in [3.05, 3.63) is 59.7 Å². The van der Waals surface area contributed by atoms with Crippen LogP contribution in [-0.2, 0) is 21.2 Å². The third-order valence-corrected chi connectivity index (χ3v) is 7.57. The molecule has 1 amide bonds. The van der Waals surface area contributed by atoms with Crippen molar-refractivity contribution in [1.29, 1.82) is 0 Å². The number of aliphatic hydroxyl groups is 1. The fourth-order valence-electron chi connectivity index (χ4n) is 4.80. The largest absolute Gasteiger partial charge is 0.378 e. The van der Waals surface area contributed by atoms with E-state index in [1.54, 1.807) is 30.3 Å². The summed E-state index contributed by atoms with van der Waals surface area (Å²) in [6, 6.07) is 5.76. The minimum atomic E-state index is -4.45. The molecule has 3 atom stereocenters. The van der Waals surface area contributed by atoms with E-state index in [1.807, 2.05) is 0 Å². The molecule has 0 radical (unpaired) electrons. The summed E-state index contributed by atoms with van der Waals surface area (Å²) in [7, 11) is -4.45. The van der Waals surface area contributed by atoms with Crippen LogP contribution >= 0.6 is 0 Å². The second-order valence-electron chi connectivity index (χ2n) is 8.99. The Balaban J connectivity index is 1.76. The van der Waals surface area contributed by atoms with Gasteiger partial charge in [0.1, 0.15) is 11.6 Å². The number of carbonyl (C=O) groups is 1. The van der Waals surface area contributed by atoms with Crippen molar-refractivity contribution in [3.8, 4) is 11.1 Å². The van der Waals surface area contributed by atoms with E-state index in [9.17, 15) is 35.9 Å². The highest BCUT2D eigenvalue weighted by Gasteiger charge is 2.62. The summed E-state index contributed by atoms with van der Waals surface area (Å²) < 4.78 is 95.6. The zero-order valence-corrected chi connectivity index (χ0v) is 19.1. The van der Waals surface area contributed by atoms with Crippen molar-refractivity contribution in [1.82, 2.24) is 9.62 Å². The molecule has 0 bridgehead atoms. The maximum Gasteiger partial charge on any atom is 0.273 e. The third-order valence-electron chi connectivity index (χ3n) is 6.67. The van der Waals surface area contributed by atoms with Gasteiger partial charge in [-0.25, -0.2) is 35.1 Å². The highest BCUT2D eigenvalue weighted by molar-refractivity contribution is 7.89. The Hall–Kier alpha value is -2.57. The number of likely N-dealkylation sites (tertiary alicyclic amines) is 1. The lowest BCUT2D eigenvalue weighted by atomic mass is 9.91. The molecule has 2 N–H and O–H groups in total. The molecule has 1 saturated carbocycles. The van der Waals surface area contributed by atoms with Crippen LogP contribution in [0.25, 0.3) is 11.1 Å². The van der Waals surface area contributed by atoms with Crippen LogP contribution in [0.5, 0.6) is 0 Å². The van der Waals surface area contributed by atoms with E-state index in [0.29, 0.717) is 18.4 Å². The Morgan fingerprint density at radius 3 is 2.40 bits per heavy atom. The first-order valence-corrected chi connectivity index (χ1v) is 12.5. The van der Waals surface area contributed by atoms with Crippen LogP contribution in [0.1, 0.15) is 18.4 Å². The molecule has 2 fully saturated rings. The molecule has 1 aliphatic carbocycles. The van der Waals surface area contributed by atoms with Gasteiger partial charge in [0.25, 0.3) is 12.3 Å². The molecule has 6 nitrogen and oxygen atoms in total. The molecule has 1 saturated heterocycles. The van der Waals surface area contributed by atoms with E-state index < -0.39 is 70.0 Å². The van der Waals surface area contributed by atoms with E-state index in [0.717, 1.165) is 17.0 Å². The predicted molar refractivity (Wildman–Crippen MR) is 116 cm³/mol. The fraction of sp³-hybridized carbons (Fsp3) is 0.435. The number of carbonyl (C=O) groups excluding carboxylic acids is 1. The average Bonchev–Trinajstić information content (AvgIpc) is 3.56. The van der Waals surface area contributed by atoms with E-state index >= 15 is 4.39 Å². The summed E-state index contributed by atoms with van der Waals surface area (Å²) in [5, 5.41) is 9.71. The fourth-order valence-corrected chi connectivity index (χ4v) is 5.65. The van der Waals surface area contributed by atoms with Gasteiger partial charge < -0.3 is 10.0 Å². The second-order valence-corrected chi connectivity index (χ2v) is 10.7. The van der Waals surface area contributed by atoms with Crippen LogP contribution in [0.2, 0.25) is 0 Å². The monoisotopic (exact) mass is 518 g/mol. The lowest BCUT2D eigenvalue weighted by Gasteiger charge is -2.30. The summed E-state index contributed by atoms with van der Waals surface area (Å²) in [5.74, 6) is -2.99. The summed E-state index contributed by atoms with van der Waals surface area (Å²) in [5.41, 5.74) is -0.811. The van der Waals surface area contributed by atoms with Crippen LogP contribution in [-0.4, -0.2) is 61.5 Å². The topological polar surface area (TPSA) is 86.7 Å². The molecule has 1 spiro atoms. The standard InChI is InChI=1S/C23H23F5N2O4S/c24-12-35(33,34)29-20-17(30(11-23(20)6-7-23)22(32)19(31)21(27)28)9-14-8-15(25)10-16(18(14)26)13-4-2-1-3-5-13/h1-5,8,10,17,19-21,29,31H,6-7,9,11-12H2/t17-,19+,20+/m0/s1. The quantitative estimate of drug-likeness (QED) is 0.527. The van der Waals surface area contributed by atoms with Gasteiger partial charge in [-0.1, -0.05) is 30.3 Å². The number of nitrogens with one attached hydrogen (secondary N) is 1. The van der Waals surface area contributed by atoms with Crippen LogP contribution in [0.15, 0.2) is 42.5 Å². The van der Waals surface area contributed by atoms with Crippen LogP contribution in [0, 0.1) is 17.0 Å². The van der Waals surface area contributed by atoms with Crippen molar-refractivity contribution in [2.45, 2.75) is 43.9 Å². The van der Waals surface area contributed by atoms with Crippen molar-refractivity contribution >= 4 is 15.9 Å². The van der Waals surface area contributed by atoms with Gasteiger partial charge in [0.05, 0.1) is 6.04 Å². The van der Waals surface area contributed by atoms with Crippen LogP contribution in [0.4, 0.5) is 22.0 Å². The number of nitrogens with zero attached hydrogens (tertiary/aromatic N) is 1. The first-order valence-electron chi connectivity index (χ1n) is 10.8. The third kappa shape index (κ3) is 5.05. The van der Waals surface area contributed by atoms with Gasteiger partial charge in [-0.05, 0) is 42.5 Å². The van der Waals surface area contributed by atoms with Gasteiger partial charge in [0.2, 0.25) is 16.0 Å². The maximum atomic E-state index is 15.5. The number of amides is 1. The zero-order valence-electron chi connectivity index (χ0n) is 18.3. The van der Waals surface area contributed by atoms with Gasteiger partial charge in [0, 0.05) is 23.6 Å². The van der Waals surface area contributed by atoms with Gasteiger partial charge in [-0.3, -0.25) is 4.79 Å². The molecule has 2 aromatic carbocycles.